The lowest BCUT2D eigenvalue weighted by atomic mass is 10.2. The topological polar surface area (TPSA) is 67.4 Å². The van der Waals surface area contributed by atoms with E-state index in [1.165, 1.54) is 6.33 Å². The maximum Gasteiger partial charge on any atom is 0.163 e. The molecular weight excluding hydrogens is 304 g/mol. The van der Waals surface area contributed by atoms with Gasteiger partial charge in [-0.25, -0.2) is 9.97 Å². The van der Waals surface area contributed by atoms with Crippen LogP contribution in [0.4, 0.5) is 17.2 Å². The van der Waals surface area contributed by atoms with Gasteiger partial charge in [-0.3, -0.25) is 9.69 Å². The second kappa shape index (κ2) is 6.00. The van der Waals surface area contributed by atoms with Crippen LogP contribution in [-0.4, -0.2) is 22.4 Å². The minimum atomic E-state index is -0.502. The van der Waals surface area contributed by atoms with Gasteiger partial charge < -0.3 is 10.1 Å². The fraction of sp³-hybridized carbons (Fsp3) is 0.0556. The molecule has 2 heterocycles. The summed E-state index contributed by atoms with van der Waals surface area (Å²) in [6, 6.07) is 17.1. The van der Waals surface area contributed by atoms with Crippen molar-refractivity contribution in [2.75, 3.05) is 10.2 Å². The SMILES string of the molecule is O=CC1Nc2cncnc2N1c1ccc(Oc2ccccc2)cc1. The Kier molecular flexibility index (Phi) is 3.55. The zero-order valence-corrected chi connectivity index (χ0v) is 12.7. The molecule has 1 atom stereocenters. The highest BCUT2D eigenvalue weighted by molar-refractivity contribution is 5.87. The Morgan fingerprint density at radius 2 is 1.79 bits per heavy atom. The van der Waals surface area contributed by atoms with E-state index in [2.05, 4.69) is 15.3 Å². The van der Waals surface area contributed by atoms with E-state index in [-0.39, 0.29) is 0 Å². The smallest absolute Gasteiger partial charge is 0.163 e. The van der Waals surface area contributed by atoms with Crippen molar-refractivity contribution >= 4 is 23.5 Å². The molecule has 6 nitrogen and oxygen atoms in total. The van der Waals surface area contributed by atoms with Crippen LogP contribution >= 0.6 is 0 Å². The third-order valence-electron chi connectivity index (χ3n) is 3.72. The van der Waals surface area contributed by atoms with Gasteiger partial charge in [-0.1, -0.05) is 18.2 Å². The van der Waals surface area contributed by atoms with Crippen molar-refractivity contribution in [3.05, 3.63) is 67.1 Å². The molecular formula is C18H14N4O2. The normalized spacial score (nSPS) is 15.5. The molecule has 2 aromatic carbocycles. The average molecular weight is 318 g/mol. The van der Waals surface area contributed by atoms with Gasteiger partial charge in [-0.2, -0.15) is 0 Å². The Labute approximate surface area is 138 Å². The fourth-order valence-corrected chi connectivity index (χ4v) is 2.65. The summed E-state index contributed by atoms with van der Waals surface area (Å²) < 4.78 is 5.79. The molecule has 1 unspecified atom stereocenters. The molecule has 0 amide bonds. The number of carbonyl (C=O) groups excluding carboxylic acids is 1. The number of carbonyl (C=O) groups is 1. The van der Waals surface area contributed by atoms with Crippen LogP contribution < -0.4 is 15.0 Å². The lowest BCUT2D eigenvalue weighted by molar-refractivity contribution is -0.108. The van der Waals surface area contributed by atoms with Gasteiger partial charge in [0.1, 0.15) is 17.8 Å². The lowest BCUT2D eigenvalue weighted by Crippen LogP contribution is -2.33. The molecule has 1 aliphatic rings. The number of para-hydroxylation sites is 1. The van der Waals surface area contributed by atoms with Gasteiger partial charge in [0, 0.05) is 5.69 Å². The Hall–Kier alpha value is -3.41. The number of nitrogens with zero attached hydrogens (tertiary/aromatic N) is 3. The van der Waals surface area contributed by atoms with E-state index in [9.17, 15) is 4.79 Å². The zero-order valence-electron chi connectivity index (χ0n) is 12.7. The first-order chi connectivity index (χ1) is 11.8. The Morgan fingerprint density at radius 1 is 1.04 bits per heavy atom. The molecule has 118 valence electrons. The number of benzene rings is 2. The number of anilines is 3. The minimum Gasteiger partial charge on any atom is -0.457 e. The van der Waals surface area contributed by atoms with E-state index in [0.29, 0.717) is 5.82 Å². The van der Waals surface area contributed by atoms with Gasteiger partial charge in [-0.05, 0) is 36.4 Å². The monoisotopic (exact) mass is 318 g/mol. The first-order valence-corrected chi connectivity index (χ1v) is 7.49. The number of fused-ring (bicyclic) bond motifs is 1. The second-order valence-corrected chi connectivity index (χ2v) is 5.26. The summed E-state index contributed by atoms with van der Waals surface area (Å²) in [5.41, 5.74) is 1.58. The standard InChI is InChI=1S/C18H14N4O2/c23-11-17-21-16-10-19-12-20-18(16)22(17)13-6-8-15(9-7-13)24-14-4-2-1-3-5-14/h1-12,17,21H. The second-order valence-electron chi connectivity index (χ2n) is 5.26. The molecule has 24 heavy (non-hydrogen) atoms. The number of rotatable bonds is 4. The van der Waals surface area contributed by atoms with E-state index >= 15 is 0 Å². The Morgan fingerprint density at radius 3 is 2.54 bits per heavy atom. The highest BCUT2D eigenvalue weighted by atomic mass is 16.5. The van der Waals surface area contributed by atoms with Crippen LogP contribution in [0, 0.1) is 0 Å². The minimum absolute atomic E-state index is 0.502. The molecule has 1 aliphatic heterocycles. The van der Waals surface area contributed by atoms with Gasteiger partial charge in [0.15, 0.2) is 18.3 Å². The van der Waals surface area contributed by atoms with Crippen LogP contribution in [0.5, 0.6) is 11.5 Å². The first-order valence-electron chi connectivity index (χ1n) is 7.49. The molecule has 0 spiro atoms. The molecule has 1 N–H and O–H groups in total. The van der Waals surface area contributed by atoms with Crippen molar-refractivity contribution in [3.63, 3.8) is 0 Å². The molecule has 1 aromatic heterocycles. The van der Waals surface area contributed by atoms with Gasteiger partial charge in [0.2, 0.25) is 0 Å². The number of aldehydes is 1. The summed E-state index contributed by atoms with van der Waals surface area (Å²) in [5, 5.41) is 3.09. The summed E-state index contributed by atoms with van der Waals surface area (Å²) in [4.78, 5) is 21.5. The maximum absolute atomic E-state index is 11.4. The van der Waals surface area contributed by atoms with E-state index in [4.69, 9.17) is 4.74 Å². The van der Waals surface area contributed by atoms with Crippen LogP contribution in [0.3, 0.4) is 0 Å². The van der Waals surface area contributed by atoms with Crippen LogP contribution in [0.1, 0.15) is 0 Å². The van der Waals surface area contributed by atoms with Crippen molar-refractivity contribution in [2.45, 2.75) is 6.17 Å². The predicted molar refractivity (Wildman–Crippen MR) is 90.6 cm³/mol. The van der Waals surface area contributed by atoms with Crippen molar-refractivity contribution in [1.82, 2.24) is 9.97 Å². The molecule has 0 saturated heterocycles. The number of hydrogen-bond acceptors (Lipinski definition) is 6. The quantitative estimate of drug-likeness (QED) is 0.744. The molecule has 0 fully saturated rings. The van der Waals surface area contributed by atoms with Crippen molar-refractivity contribution in [2.24, 2.45) is 0 Å². The van der Waals surface area contributed by atoms with E-state index < -0.39 is 6.17 Å². The Bertz CT molecular complexity index is 852. The van der Waals surface area contributed by atoms with Crippen LogP contribution in [0.2, 0.25) is 0 Å². The molecule has 4 rings (SSSR count). The molecule has 0 saturated carbocycles. The van der Waals surface area contributed by atoms with Gasteiger partial charge in [0.25, 0.3) is 0 Å². The summed E-state index contributed by atoms with van der Waals surface area (Å²) in [6.07, 6.45) is 3.47. The van der Waals surface area contributed by atoms with Gasteiger partial charge >= 0.3 is 0 Å². The first kappa shape index (κ1) is 14.2. The average Bonchev–Trinajstić information content (AvgIpc) is 3.02. The highest BCUT2D eigenvalue weighted by Crippen LogP contribution is 2.37. The molecule has 6 heteroatoms. The van der Waals surface area contributed by atoms with E-state index in [1.807, 2.05) is 59.5 Å². The van der Waals surface area contributed by atoms with E-state index in [1.54, 1.807) is 6.20 Å². The van der Waals surface area contributed by atoms with Crippen LogP contribution in [-0.2, 0) is 4.79 Å². The molecule has 3 aromatic rings. The summed E-state index contributed by atoms with van der Waals surface area (Å²) in [6.45, 7) is 0. The van der Waals surface area contributed by atoms with Crippen molar-refractivity contribution in [3.8, 4) is 11.5 Å². The number of hydrogen-bond donors (Lipinski definition) is 1. The third-order valence-corrected chi connectivity index (χ3v) is 3.72. The largest absolute Gasteiger partial charge is 0.457 e. The van der Waals surface area contributed by atoms with Crippen molar-refractivity contribution in [1.29, 1.82) is 0 Å². The molecule has 0 radical (unpaired) electrons. The summed E-state index contributed by atoms with van der Waals surface area (Å²) in [7, 11) is 0. The molecule has 0 bridgehead atoms. The number of aromatic nitrogens is 2. The summed E-state index contributed by atoms with van der Waals surface area (Å²) in [5.74, 6) is 2.18. The third kappa shape index (κ3) is 2.54. The zero-order chi connectivity index (χ0) is 16.4. The maximum atomic E-state index is 11.4. The fourth-order valence-electron chi connectivity index (χ4n) is 2.65. The van der Waals surface area contributed by atoms with Crippen LogP contribution in [0.15, 0.2) is 67.1 Å². The van der Waals surface area contributed by atoms with Crippen LogP contribution in [0.25, 0.3) is 0 Å². The van der Waals surface area contributed by atoms with Gasteiger partial charge in [0.05, 0.1) is 11.9 Å². The van der Waals surface area contributed by atoms with Gasteiger partial charge in [-0.15, -0.1) is 0 Å². The predicted octanol–water partition coefficient (Wildman–Crippen LogP) is 3.36. The highest BCUT2D eigenvalue weighted by Gasteiger charge is 2.30. The Balaban J connectivity index is 1.61. The lowest BCUT2D eigenvalue weighted by Gasteiger charge is -2.22. The van der Waals surface area contributed by atoms with E-state index in [0.717, 1.165) is 29.2 Å². The molecule has 0 aliphatic carbocycles. The number of nitrogens with one attached hydrogen (secondary N) is 1. The summed E-state index contributed by atoms with van der Waals surface area (Å²) >= 11 is 0. The van der Waals surface area contributed by atoms with Crippen molar-refractivity contribution < 1.29 is 9.53 Å². The number of ether oxygens (including phenoxy) is 1.